The first-order chi connectivity index (χ1) is 28.0. The molecule has 2 heterocycles. The number of unbranched alkanes of at least 4 members (excludes halogenated alkanes) is 1. The number of nitriles is 1. The van der Waals surface area contributed by atoms with Crippen LogP contribution in [-0.2, 0) is 29.3 Å². The van der Waals surface area contributed by atoms with Gasteiger partial charge in [0.15, 0.2) is 0 Å². The first-order valence-electron chi connectivity index (χ1n) is 19.7. The number of halogens is 1. The van der Waals surface area contributed by atoms with Gasteiger partial charge in [0.2, 0.25) is 11.8 Å². The topological polar surface area (TPSA) is 154 Å². The van der Waals surface area contributed by atoms with Crippen LogP contribution in [0.5, 0.6) is 11.5 Å². The number of fused-ring (bicyclic) bond motifs is 1. The summed E-state index contributed by atoms with van der Waals surface area (Å²) < 4.78 is 12.6. The van der Waals surface area contributed by atoms with Gasteiger partial charge in [0.05, 0.1) is 34.3 Å². The third-order valence-corrected chi connectivity index (χ3v) is 12.4. The molecule has 2 aliphatic heterocycles. The summed E-state index contributed by atoms with van der Waals surface area (Å²) in [6.07, 6.45) is 3.05. The summed E-state index contributed by atoms with van der Waals surface area (Å²) in [6, 6.07) is 29.6. The Morgan fingerprint density at radius 2 is 1.69 bits per heavy atom. The number of carbonyl (C=O) groups is 3. The molecule has 2 saturated heterocycles. The molecular formula is C45H51ClN6O5S. The molecule has 6 rings (SSSR count). The largest absolute Gasteiger partial charge is 0.488 e. The van der Waals surface area contributed by atoms with Crippen LogP contribution in [0.4, 0.5) is 4.79 Å². The van der Waals surface area contributed by atoms with Crippen LogP contribution in [0, 0.1) is 18.3 Å². The van der Waals surface area contributed by atoms with E-state index in [-0.39, 0.29) is 49.6 Å². The molecule has 0 radical (unpaired) electrons. The summed E-state index contributed by atoms with van der Waals surface area (Å²) in [5.74, 6) is 1.63. The summed E-state index contributed by atoms with van der Waals surface area (Å²) in [5.41, 5.74) is 5.52. The van der Waals surface area contributed by atoms with Crippen LogP contribution >= 0.6 is 23.4 Å². The van der Waals surface area contributed by atoms with Crippen LogP contribution in [0.3, 0.4) is 0 Å². The molecule has 0 unspecified atom stereocenters. The molecule has 304 valence electrons. The zero-order valence-electron chi connectivity index (χ0n) is 33.2. The molecule has 11 nitrogen and oxygen atoms in total. The summed E-state index contributed by atoms with van der Waals surface area (Å²) in [5, 5.41) is 25.3. The molecule has 0 aliphatic carbocycles. The van der Waals surface area contributed by atoms with E-state index in [2.05, 4.69) is 57.8 Å². The lowest BCUT2D eigenvalue weighted by Crippen LogP contribution is -2.53. The van der Waals surface area contributed by atoms with Crippen LogP contribution in [0.15, 0.2) is 84.9 Å². The van der Waals surface area contributed by atoms with E-state index in [0.29, 0.717) is 46.9 Å². The Hall–Kier alpha value is -5.22. The molecule has 0 aromatic heterocycles. The molecule has 2 aliphatic rings. The van der Waals surface area contributed by atoms with Crippen LogP contribution < -0.4 is 36.1 Å². The van der Waals surface area contributed by atoms with Crippen molar-refractivity contribution in [2.45, 2.75) is 89.1 Å². The minimum absolute atomic E-state index is 0.0496. The van der Waals surface area contributed by atoms with E-state index in [9.17, 15) is 19.6 Å². The highest BCUT2D eigenvalue weighted by Gasteiger charge is 2.42. The molecule has 13 heteroatoms. The minimum atomic E-state index is -0.975. The number of hydrogen-bond acceptors (Lipinski definition) is 8. The van der Waals surface area contributed by atoms with Gasteiger partial charge in [0, 0.05) is 48.7 Å². The Balaban J connectivity index is 1.01. The monoisotopic (exact) mass is 822 g/mol. The average molecular weight is 823 g/mol. The second kappa shape index (κ2) is 20.0. The normalized spacial score (nSPS) is 17.1. The fourth-order valence-corrected chi connectivity index (χ4v) is 8.92. The first-order valence-corrected chi connectivity index (χ1v) is 21.1. The number of ether oxygens (including phenoxy) is 2. The number of nitrogens with zero attached hydrogens (tertiary/aromatic N) is 1. The molecule has 4 aromatic carbocycles. The number of benzene rings is 4. The number of thioether (sulfide) groups is 1. The van der Waals surface area contributed by atoms with Gasteiger partial charge in [-0.2, -0.15) is 17.0 Å². The molecule has 2 fully saturated rings. The lowest BCUT2D eigenvalue weighted by Gasteiger charge is -2.26. The van der Waals surface area contributed by atoms with Crippen LogP contribution in [0.2, 0.25) is 5.02 Å². The quantitative estimate of drug-likeness (QED) is 0.0493. The Bertz CT molecular complexity index is 2130. The fourth-order valence-electron chi connectivity index (χ4n) is 7.13. The number of hydrogen-bond donors (Lipinski definition) is 5. The number of nitrogens with one attached hydrogen (secondary N) is 5. The molecular weight excluding hydrogens is 772 g/mol. The summed E-state index contributed by atoms with van der Waals surface area (Å²) in [7, 11) is 0. The zero-order chi connectivity index (χ0) is 41.1. The standard InChI is InChI=1S/C45H51ClN6O5S/c1-29-33(15-10-16-35(29)32-13-5-4-6-14-32)27-57-39-23-38(56-26-31-12-9-11-30(21-31)24-47)34(22-36(39)46)25-50-45(2,3)43(54)49-20-19-48-41(53)18-8-7-17-40-42-37(28-58-40)51-44(55)52-42/h4-6,9-16,21-23,37,40,42,50H,7-8,17-20,25-28H2,1-3H3,(H,48,53)(H,49,54)(H2,51,52,55)/t37-,40-,42-/m0/s1. The van der Waals surface area contributed by atoms with Crippen LogP contribution in [0.1, 0.15) is 67.3 Å². The van der Waals surface area contributed by atoms with E-state index in [1.54, 1.807) is 38.1 Å². The molecule has 58 heavy (non-hydrogen) atoms. The summed E-state index contributed by atoms with van der Waals surface area (Å²) in [6.45, 7) is 7.02. The van der Waals surface area contributed by atoms with Gasteiger partial charge in [-0.15, -0.1) is 0 Å². The Morgan fingerprint density at radius 3 is 2.50 bits per heavy atom. The summed E-state index contributed by atoms with van der Waals surface area (Å²) in [4.78, 5) is 37.4. The second-order valence-corrected chi connectivity index (χ2v) is 16.9. The Labute approximate surface area is 350 Å². The third-order valence-electron chi connectivity index (χ3n) is 10.6. The van der Waals surface area contributed by atoms with Crippen molar-refractivity contribution >= 4 is 41.2 Å². The van der Waals surface area contributed by atoms with Crippen molar-refractivity contribution in [3.05, 3.63) is 118 Å². The van der Waals surface area contributed by atoms with Crippen molar-refractivity contribution in [2.75, 3.05) is 18.8 Å². The van der Waals surface area contributed by atoms with E-state index < -0.39 is 5.54 Å². The van der Waals surface area contributed by atoms with Crippen molar-refractivity contribution in [2.24, 2.45) is 0 Å². The minimum Gasteiger partial charge on any atom is -0.488 e. The molecule has 3 atom stereocenters. The van der Waals surface area contributed by atoms with Crippen molar-refractivity contribution in [3.63, 3.8) is 0 Å². The van der Waals surface area contributed by atoms with Crippen molar-refractivity contribution < 1.29 is 23.9 Å². The molecule has 4 aromatic rings. The summed E-state index contributed by atoms with van der Waals surface area (Å²) >= 11 is 8.71. The number of carbonyl (C=O) groups excluding carboxylic acids is 3. The van der Waals surface area contributed by atoms with Gasteiger partial charge in [-0.05, 0) is 79.6 Å². The van der Waals surface area contributed by atoms with Gasteiger partial charge in [-0.25, -0.2) is 4.79 Å². The highest BCUT2D eigenvalue weighted by molar-refractivity contribution is 8.00. The first kappa shape index (κ1) is 42.4. The van der Waals surface area contributed by atoms with E-state index in [1.807, 2.05) is 54.2 Å². The predicted octanol–water partition coefficient (Wildman–Crippen LogP) is 7.17. The third kappa shape index (κ3) is 11.2. The lowest BCUT2D eigenvalue weighted by atomic mass is 9.97. The van der Waals surface area contributed by atoms with Crippen molar-refractivity contribution in [3.8, 4) is 28.7 Å². The highest BCUT2D eigenvalue weighted by Crippen LogP contribution is 2.36. The van der Waals surface area contributed by atoms with Gasteiger partial charge >= 0.3 is 6.03 Å². The predicted molar refractivity (Wildman–Crippen MR) is 229 cm³/mol. The average Bonchev–Trinajstić information content (AvgIpc) is 3.79. The van der Waals surface area contributed by atoms with Gasteiger partial charge in [-0.3, -0.25) is 14.9 Å². The molecule has 0 saturated carbocycles. The maximum absolute atomic E-state index is 13.3. The number of amides is 4. The maximum Gasteiger partial charge on any atom is 0.315 e. The zero-order valence-corrected chi connectivity index (χ0v) is 34.7. The molecule has 0 spiro atoms. The smallest absolute Gasteiger partial charge is 0.315 e. The van der Waals surface area contributed by atoms with E-state index >= 15 is 0 Å². The fraction of sp³-hybridized carbons (Fsp3) is 0.378. The molecule has 4 amide bonds. The van der Waals surface area contributed by atoms with Crippen LogP contribution in [-0.4, -0.2) is 59.6 Å². The Morgan fingerprint density at radius 1 is 0.914 bits per heavy atom. The van der Waals surface area contributed by atoms with Gasteiger partial charge in [0.25, 0.3) is 0 Å². The van der Waals surface area contributed by atoms with Gasteiger partial charge in [-0.1, -0.05) is 78.7 Å². The van der Waals surface area contributed by atoms with Gasteiger partial charge in [0.1, 0.15) is 24.7 Å². The van der Waals surface area contributed by atoms with Gasteiger partial charge < -0.3 is 30.7 Å². The lowest BCUT2D eigenvalue weighted by molar-refractivity contribution is -0.127. The van der Waals surface area contributed by atoms with E-state index in [4.69, 9.17) is 21.1 Å². The van der Waals surface area contributed by atoms with Crippen molar-refractivity contribution in [1.82, 2.24) is 26.6 Å². The molecule has 5 N–H and O–H groups in total. The molecule has 0 bridgehead atoms. The highest BCUT2D eigenvalue weighted by atomic mass is 35.5. The second-order valence-electron chi connectivity index (χ2n) is 15.2. The van der Waals surface area contributed by atoms with E-state index in [0.717, 1.165) is 58.4 Å². The van der Waals surface area contributed by atoms with Crippen molar-refractivity contribution in [1.29, 1.82) is 5.26 Å². The number of urea groups is 1. The number of rotatable bonds is 19. The van der Waals surface area contributed by atoms with Crippen LogP contribution in [0.25, 0.3) is 11.1 Å². The SMILES string of the molecule is Cc1c(COc2cc(OCc3cccc(C#N)c3)c(CNC(C)(C)C(=O)NCCNC(=O)CCCC[C@@H]3SC[C@@H]4NC(=O)N[C@@H]43)cc2Cl)cccc1-c1ccccc1. The Kier molecular flexibility index (Phi) is 14.6. The maximum atomic E-state index is 13.3. The van der Waals surface area contributed by atoms with E-state index in [1.165, 1.54) is 0 Å².